The molecule has 1 saturated heterocycles. The third-order valence-corrected chi connectivity index (χ3v) is 8.43. The minimum absolute atomic E-state index is 0.0126. The molecular weight excluding hydrogens is 584 g/mol. The van der Waals surface area contributed by atoms with Crippen molar-refractivity contribution in [2.75, 3.05) is 58.2 Å². The number of nitrogens with zero attached hydrogens (tertiary/aromatic N) is 3. The van der Waals surface area contributed by atoms with E-state index < -0.39 is 5.91 Å². The van der Waals surface area contributed by atoms with Gasteiger partial charge in [0, 0.05) is 43.7 Å². The Morgan fingerprint density at radius 3 is 2.37 bits per heavy atom. The monoisotopic (exact) mass is 630 g/mol. The Morgan fingerprint density at radius 2 is 1.67 bits per heavy atom. The number of piperidine rings is 1. The first kappa shape index (κ1) is 34.3. The average molecular weight is 631 g/mol. The number of nitrogens with one attached hydrogen (secondary N) is 1. The first-order valence-electron chi connectivity index (χ1n) is 15.8. The normalized spacial score (nSPS) is 13.4. The molecule has 246 valence electrons. The number of benzene rings is 3. The Bertz CT molecular complexity index is 1520. The standard InChI is InChI=1S/C36H46N4O6/c1-25-13-16-31(33(22-25)46-21-8-6-7-12-34(42)40-19-17-28(18-20-40)38(2)3)39(4)36(44)27-14-15-30(32(24-27)45-5)37-35(43)26-10-9-11-29(41)23-26/h9-11,13-16,22-24,28,41H,6-8,12,17-21H2,1-5H3,(H,37,43). The van der Waals surface area contributed by atoms with E-state index in [1.807, 2.05) is 30.0 Å². The number of methoxy groups -OCH3 is 1. The van der Waals surface area contributed by atoms with Gasteiger partial charge in [0.05, 0.1) is 25.1 Å². The van der Waals surface area contributed by atoms with Gasteiger partial charge in [-0.15, -0.1) is 0 Å². The van der Waals surface area contributed by atoms with E-state index in [2.05, 4.69) is 24.3 Å². The van der Waals surface area contributed by atoms with Crippen LogP contribution >= 0.6 is 0 Å². The second-order valence-corrected chi connectivity index (χ2v) is 12.0. The van der Waals surface area contributed by atoms with Crippen molar-refractivity contribution < 1.29 is 29.0 Å². The number of hydrogen-bond donors (Lipinski definition) is 2. The number of aromatic hydroxyl groups is 1. The van der Waals surface area contributed by atoms with Crippen molar-refractivity contribution in [2.45, 2.75) is 51.5 Å². The molecule has 0 unspecified atom stereocenters. The topological polar surface area (TPSA) is 112 Å². The van der Waals surface area contributed by atoms with Crippen LogP contribution in [0.15, 0.2) is 60.7 Å². The molecule has 1 fully saturated rings. The molecule has 0 atom stereocenters. The summed E-state index contributed by atoms with van der Waals surface area (Å²) in [5.74, 6) is 0.469. The quantitative estimate of drug-likeness (QED) is 0.232. The van der Waals surface area contributed by atoms with Crippen LogP contribution in [0.25, 0.3) is 0 Å². The number of phenolic OH excluding ortho intramolecular Hbond substituents is 1. The Kier molecular flexibility index (Phi) is 12.0. The van der Waals surface area contributed by atoms with Crippen LogP contribution in [0.2, 0.25) is 0 Å². The summed E-state index contributed by atoms with van der Waals surface area (Å²) in [6.07, 6.45) is 5.11. The SMILES string of the molecule is COc1cc(C(=O)N(C)c2ccc(C)cc2OCCCCCC(=O)N2CCC(N(C)C)CC2)ccc1NC(=O)c1cccc(O)c1. The Labute approximate surface area is 271 Å². The third-order valence-electron chi connectivity index (χ3n) is 8.43. The van der Waals surface area contributed by atoms with Gasteiger partial charge in [-0.05, 0) is 107 Å². The first-order valence-corrected chi connectivity index (χ1v) is 15.8. The van der Waals surface area contributed by atoms with Crippen LogP contribution in [0.3, 0.4) is 0 Å². The lowest BCUT2D eigenvalue weighted by Crippen LogP contribution is -2.44. The third kappa shape index (κ3) is 9.00. The molecule has 0 bridgehead atoms. The first-order chi connectivity index (χ1) is 22.1. The van der Waals surface area contributed by atoms with Crippen molar-refractivity contribution in [3.63, 3.8) is 0 Å². The maximum absolute atomic E-state index is 13.6. The average Bonchev–Trinajstić information content (AvgIpc) is 3.05. The van der Waals surface area contributed by atoms with Crippen LogP contribution < -0.4 is 19.7 Å². The molecule has 3 aromatic carbocycles. The molecule has 1 aliphatic heterocycles. The van der Waals surface area contributed by atoms with Gasteiger partial charge in [0.1, 0.15) is 17.2 Å². The van der Waals surface area contributed by atoms with Gasteiger partial charge >= 0.3 is 0 Å². The van der Waals surface area contributed by atoms with E-state index in [0.717, 1.165) is 50.8 Å². The predicted molar refractivity (Wildman–Crippen MR) is 180 cm³/mol. The molecule has 10 heteroatoms. The van der Waals surface area contributed by atoms with Crippen molar-refractivity contribution in [2.24, 2.45) is 0 Å². The molecule has 0 saturated carbocycles. The number of carbonyl (C=O) groups excluding carboxylic acids is 3. The number of carbonyl (C=O) groups is 3. The van der Waals surface area contributed by atoms with Crippen molar-refractivity contribution in [3.05, 3.63) is 77.4 Å². The van der Waals surface area contributed by atoms with Crippen molar-refractivity contribution >= 4 is 29.1 Å². The summed E-state index contributed by atoms with van der Waals surface area (Å²) in [7, 11) is 7.35. The van der Waals surface area contributed by atoms with Gasteiger partial charge in [0.2, 0.25) is 5.91 Å². The fourth-order valence-corrected chi connectivity index (χ4v) is 5.61. The molecule has 0 radical (unpaired) electrons. The summed E-state index contributed by atoms with van der Waals surface area (Å²) >= 11 is 0. The van der Waals surface area contributed by atoms with Gasteiger partial charge in [0.15, 0.2) is 0 Å². The van der Waals surface area contributed by atoms with Crippen molar-refractivity contribution in [3.8, 4) is 17.2 Å². The van der Waals surface area contributed by atoms with Crippen LogP contribution in [-0.4, -0.2) is 86.6 Å². The zero-order valence-corrected chi connectivity index (χ0v) is 27.5. The number of hydrogen-bond acceptors (Lipinski definition) is 7. The number of phenols is 1. The van der Waals surface area contributed by atoms with E-state index in [-0.39, 0.29) is 17.6 Å². The molecule has 1 aliphatic rings. The van der Waals surface area contributed by atoms with Crippen LogP contribution in [0.4, 0.5) is 11.4 Å². The smallest absolute Gasteiger partial charge is 0.258 e. The number of rotatable bonds is 13. The lowest BCUT2D eigenvalue weighted by atomic mass is 10.0. The lowest BCUT2D eigenvalue weighted by Gasteiger charge is -2.35. The molecule has 3 amide bonds. The molecule has 1 heterocycles. The van der Waals surface area contributed by atoms with Gasteiger partial charge in [-0.25, -0.2) is 0 Å². The van der Waals surface area contributed by atoms with Crippen LogP contribution in [0, 0.1) is 6.92 Å². The number of anilines is 2. The van der Waals surface area contributed by atoms with Gasteiger partial charge in [-0.2, -0.15) is 0 Å². The summed E-state index contributed by atoms with van der Waals surface area (Å²) in [6, 6.07) is 17.1. The largest absolute Gasteiger partial charge is 0.508 e. The predicted octanol–water partition coefficient (Wildman–Crippen LogP) is 5.73. The van der Waals surface area contributed by atoms with Crippen LogP contribution in [-0.2, 0) is 4.79 Å². The zero-order valence-electron chi connectivity index (χ0n) is 27.5. The van der Waals surface area contributed by atoms with Gasteiger partial charge in [0.25, 0.3) is 11.8 Å². The number of likely N-dealkylation sites (tertiary alicyclic amines) is 1. The minimum atomic E-state index is -0.418. The molecule has 0 spiro atoms. The number of unbranched alkanes of at least 4 members (excludes halogenated alkanes) is 2. The molecule has 2 N–H and O–H groups in total. The summed E-state index contributed by atoms with van der Waals surface area (Å²) in [4.78, 5) is 44.7. The molecule has 10 nitrogen and oxygen atoms in total. The number of amides is 3. The lowest BCUT2D eigenvalue weighted by molar-refractivity contribution is -0.132. The van der Waals surface area contributed by atoms with E-state index in [9.17, 15) is 19.5 Å². The Hall–Kier alpha value is -4.57. The fraction of sp³-hybridized carbons (Fsp3) is 0.417. The summed E-state index contributed by atoms with van der Waals surface area (Å²) in [6.45, 7) is 4.12. The minimum Gasteiger partial charge on any atom is -0.508 e. The number of aryl methyl sites for hydroxylation is 1. The van der Waals surface area contributed by atoms with E-state index in [1.54, 1.807) is 37.4 Å². The highest BCUT2D eigenvalue weighted by molar-refractivity contribution is 6.08. The second-order valence-electron chi connectivity index (χ2n) is 12.0. The molecule has 3 aromatic rings. The van der Waals surface area contributed by atoms with Crippen molar-refractivity contribution in [1.82, 2.24) is 9.80 Å². The highest BCUT2D eigenvalue weighted by Crippen LogP contribution is 2.32. The van der Waals surface area contributed by atoms with Crippen LogP contribution in [0.5, 0.6) is 17.2 Å². The van der Waals surface area contributed by atoms with E-state index in [0.29, 0.717) is 53.1 Å². The zero-order chi connectivity index (χ0) is 33.2. The Morgan fingerprint density at radius 1 is 0.913 bits per heavy atom. The fourth-order valence-electron chi connectivity index (χ4n) is 5.61. The van der Waals surface area contributed by atoms with E-state index in [1.165, 1.54) is 24.1 Å². The molecule has 0 aliphatic carbocycles. The summed E-state index contributed by atoms with van der Waals surface area (Å²) in [5, 5.41) is 12.5. The van der Waals surface area contributed by atoms with Crippen molar-refractivity contribution in [1.29, 1.82) is 0 Å². The Balaban J connectivity index is 1.31. The van der Waals surface area contributed by atoms with E-state index in [4.69, 9.17) is 9.47 Å². The van der Waals surface area contributed by atoms with Crippen LogP contribution in [0.1, 0.15) is 64.8 Å². The number of ether oxygens (including phenoxy) is 2. The van der Waals surface area contributed by atoms with Gasteiger partial charge in [-0.3, -0.25) is 14.4 Å². The van der Waals surface area contributed by atoms with E-state index >= 15 is 0 Å². The second kappa shape index (κ2) is 16.1. The summed E-state index contributed by atoms with van der Waals surface area (Å²) < 4.78 is 11.6. The summed E-state index contributed by atoms with van der Waals surface area (Å²) in [5.41, 5.74) is 2.70. The van der Waals surface area contributed by atoms with Gasteiger partial charge in [-0.1, -0.05) is 12.1 Å². The molecular formula is C36H46N4O6. The maximum atomic E-state index is 13.6. The highest BCUT2D eigenvalue weighted by Gasteiger charge is 2.24. The highest BCUT2D eigenvalue weighted by atomic mass is 16.5. The molecule has 46 heavy (non-hydrogen) atoms. The maximum Gasteiger partial charge on any atom is 0.258 e. The molecule has 0 aromatic heterocycles. The molecule has 4 rings (SSSR count). The van der Waals surface area contributed by atoms with Gasteiger partial charge < -0.3 is 34.6 Å².